The van der Waals surface area contributed by atoms with Crippen molar-refractivity contribution in [1.29, 1.82) is 0 Å². The molecular formula is C16H17ClFNO2. The van der Waals surface area contributed by atoms with Crippen molar-refractivity contribution in [1.82, 2.24) is 5.32 Å². The number of hydrogen-bond donors (Lipinski definition) is 2. The van der Waals surface area contributed by atoms with E-state index in [0.717, 1.165) is 16.9 Å². The molecular weight excluding hydrogens is 293 g/mol. The number of ether oxygens (including phenoxy) is 1. The maximum Gasteiger partial charge on any atom is 0.124 e. The predicted octanol–water partition coefficient (Wildman–Crippen LogP) is 3.14. The third kappa shape index (κ3) is 5.01. The molecule has 0 heterocycles. The zero-order valence-corrected chi connectivity index (χ0v) is 12.2. The van der Waals surface area contributed by atoms with Crippen LogP contribution in [0.25, 0.3) is 0 Å². The summed E-state index contributed by atoms with van der Waals surface area (Å²) in [5, 5.41) is 12.2. The number of aliphatic hydroxyl groups is 1. The molecule has 2 rings (SSSR count). The third-order valence-electron chi connectivity index (χ3n) is 2.93. The molecule has 3 nitrogen and oxygen atoms in total. The Kier molecular flexibility index (Phi) is 5.99. The molecule has 0 saturated heterocycles. The molecule has 0 fully saturated rings. The van der Waals surface area contributed by atoms with E-state index in [-0.39, 0.29) is 19.0 Å². The van der Waals surface area contributed by atoms with Gasteiger partial charge in [0, 0.05) is 18.7 Å². The summed E-state index contributed by atoms with van der Waals surface area (Å²) >= 11 is 5.96. The molecule has 0 saturated carbocycles. The van der Waals surface area contributed by atoms with Crippen LogP contribution < -0.4 is 10.1 Å². The monoisotopic (exact) mass is 309 g/mol. The minimum Gasteiger partial charge on any atom is -0.489 e. The lowest BCUT2D eigenvalue weighted by molar-refractivity contribution is 0.291. The fraction of sp³-hybridized carbons (Fsp3) is 0.250. The molecule has 21 heavy (non-hydrogen) atoms. The Hall–Kier alpha value is -1.62. The molecule has 112 valence electrons. The maximum absolute atomic E-state index is 13.0. The normalized spacial score (nSPS) is 10.6. The molecule has 0 aliphatic heterocycles. The van der Waals surface area contributed by atoms with E-state index in [1.54, 1.807) is 6.07 Å². The second kappa shape index (κ2) is 7.98. The fourth-order valence-electron chi connectivity index (χ4n) is 1.86. The molecule has 0 aliphatic rings. The van der Waals surface area contributed by atoms with Gasteiger partial charge in [0.1, 0.15) is 18.2 Å². The number of aliphatic hydroxyl groups excluding tert-OH is 1. The van der Waals surface area contributed by atoms with Crippen LogP contribution in [0.15, 0.2) is 42.5 Å². The van der Waals surface area contributed by atoms with Crippen molar-refractivity contribution in [2.45, 2.75) is 13.2 Å². The minimum atomic E-state index is -0.360. The summed E-state index contributed by atoms with van der Waals surface area (Å²) in [6, 6.07) is 11.9. The summed E-state index contributed by atoms with van der Waals surface area (Å²) in [4.78, 5) is 0. The molecule has 2 aromatic carbocycles. The van der Waals surface area contributed by atoms with Crippen LogP contribution in [0.4, 0.5) is 4.39 Å². The van der Waals surface area contributed by atoms with Gasteiger partial charge in [0.25, 0.3) is 0 Å². The van der Waals surface area contributed by atoms with Crippen molar-refractivity contribution in [3.63, 3.8) is 0 Å². The van der Waals surface area contributed by atoms with Gasteiger partial charge in [-0.3, -0.25) is 0 Å². The van der Waals surface area contributed by atoms with Gasteiger partial charge in [-0.1, -0.05) is 29.8 Å². The zero-order valence-electron chi connectivity index (χ0n) is 11.5. The first-order chi connectivity index (χ1) is 10.2. The molecule has 0 unspecified atom stereocenters. The highest BCUT2D eigenvalue weighted by Gasteiger charge is 2.03. The summed E-state index contributed by atoms with van der Waals surface area (Å²) in [6.45, 7) is 1.61. The van der Waals surface area contributed by atoms with Crippen molar-refractivity contribution in [3.05, 3.63) is 64.4 Å². The number of nitrogens with one attached hydrogen (secondary N) is 1. The number of rotatable bonds is 7. The second-order valence-corrected chi connectivity index (χ2v) is 4.98. The van der Waals surface area contributed by atoms with Crippen LogP contribution in [0.1, 0.15) is 11.1 Å². The molecule has 5 heteroatoms. The van der Waals surface area contributed by atoms with E-state index >= 15 is 0 Å². The Labute approximate surface area is 128 Å². The van der Waals surface area contributed by atoms with E-state index in [9.17, 15) is 4.39 Å². The lowest BCUT2D eigenvalue weighted by atomic mass is 10.2. The van der Waals surface area contributed by atoms with Crippen LogP contribution in [0.2, 0.25) is 5.02 Å². The lowest BCUT2D eigenvalue weighted by Gasteiger charge is -2.10. The van der Waals surface area contributed by atoms with Crippen LogP contribution in [0.3, 0.4) is 0 Å². The Bertz CT molecular complexity index is 592. The van der Waals surface area contributed by atoms with Gasteiger partial charge < -0.3 is 15.2 Å². The smallest absolute Gasteiger partial charge is 0.124 e. The van der Waals surface area contributed by atoms with Gasteiger partial charge in [0.2, 0.25) is 0 Å². The van der Waals surface area contributed by atoms with E-state index < -0.39 is 0 Å². The molecule has 0 spiro atoms. The molecule has 2 aromatic rings. The van der Waals surface area contributed by atoms with Crippen LogP contribution in [-0.4, -0.2) is 18.3 Å². The lowest BCUT2D eigenvalue weighted by Crippen LogP contribution is -2.17. The van der Waals surface area contributed by atoms with Gasteiger partial charge in [-0.2, -0.15) is 0 Å². The summed E-state index contributed by atoms with van der Waals surface area (Å²) in [7, 11) is 0. The standard InChI is InChI=1S/C16H17ClFNO2/c17-16-9-14(18)5-4-13(16)11-21-15-3-1-2-12(8-15)10-19-6-7-20/h1-5,8-9,19-20H,6-7,10-11H2. The van der Waals surface area contributed by atoms with Crippen molar-refractivity contribution in [2.75, 3.05) is 13.2 Å². The van der Waals surface area contributed by atoms with Gasteiger partial charge >= 0.3 is 0 Å². The van der Waals surface area contributed by atoms with Gasteiger partial charge in [-0.15, -0.1) is 0 Å². The van der Waals surface area contributed by atoms with E-state index in [2.05, 4.69) is 5.32 Å². The Morgan fingerprint density at radius 2 is 2.05 bits per heavy atom. The average Bonchev–Trinajstić information content (AvgIpc) is 2.47. The summed E-state index contributed by atoms with van der Waals surface area (Å²) < 4.78 is 18.6. The highest BCUT2D eigenvalue weighted by Crippen LogP contribution is 2.20. The zero-order chi connectivity index (χ0) is 15.1. The Morgan fingerprint density at radius 3 is 2.81 bits per heavy atom. The average molecular weight is 310 g/mol. The van der Waals surface area contributed by atoms with Gasteiger partial charge in [0.15, 0.2) is 0 Å². The van der Waals surface area contributed by atoms with Crippen molar-refractivity contribution < 1.29 is 14.2 Å². The summed E-state index contributed by atoms with van der Waals surface area (Å²) in [5.41, 5.74) is 1.80. The molecule has 0 radical (unpaired) electrons. The molecule has 0 atom stereocenters. The van der Waals surface area contributed by atoms with Crippen molar-refractivity contribution in [3.8, 4) is 5.75 Å². The summed E-state index contributed by atoms with van der Waals surface area (Å²) in [6.07, 6.45) is 0. The molecule has 0 bridgehead atoms. The van der Waals surface area contributed by atoms with Crippen molar-refractivity contribution in [2.24, 2.45) is 0 Å². The third-order valence-corrected chi connectivity index (χ3v) is 3.28. The topological polar surface area (TPSA) is 41.5 Å². The Morgan fingerprint density at radius 1 is 1.19 bits per heavy atom. The number of hydrogen-bond acceptors (Lipinski definition) is 3. The fourth-order valence-corrected chi connectivity index (χ4v) is 2.08. The quantitative estimate of drug-likeness (QED) is 0.772. The first-order valence-electron chi connectivity index (χ1n) is 6.66. The van der Waals surface area contributed by atoms with E-state index in [4.69, 9.17) is 21.4 Å². The molecule has 0 aliphatic carbocycles. The molecule has 2 N–H and O–H groups in total. The van der Waals surface area contributed by atoms with Gasteiger partial charge in [-0.25, -0.2) is 4.39 Å². The maximum atomic E-state index is 13.0. The highest BCUT2D eigenvalue weighted by atomic mass is 35.5. The number of halogens is 2. The second-order valence-electron chi connectivity index (χ2n) is 4.57. The van der Waals surface area contributed by atoms with Crippen LogP contribution in [-0.2, 0) is 13.2 Å². The Balaban J connectivity index is 1.95. The summed E-state index contributed by atoms with van der Waals surface area (Å²) in [5.74, 6) is 0.361. The van der Waals surface area contributed by atoms with Gasteiger partial charge in [0.05, 0.1) is 11.6 Å². The molecule has 0 amide bonds. The van der Waals surface area contributed by atoms with Crippen molar-refractivity contribution >= 4 is 11.6 Å². The first-order valence-corrected chi connectivity index (χ1v) is 7.04. The predicted molar refractivity (Wildman–Crippen MR) is 81.0 cm³/mol. The van der Waals surface area contributed by atoms with Crippen LogP contribution in [0.5, 0.6) is 5.75 Å². The SMILES string of the molecule is OCCNCc1cccc(OCc2ccc(F)cc2Cl)c1. The largest absolute Gasteiger partial charge is 0.489 e. The minimum absolute atomic E-state index is 0.110. The van der Waals surface area contributed by atoms with E-state index in [0.29, 0.717) is 18.1 Å². The van der Waals surface area contributed by atoms with Crippen LogP contribution in [0, 0.1) is 5.82 Å². The van der Waals surface area contributed by atoms with Crippen LogP contribution >= 0.6 is 11.6 Å². The van der Waals surface area contributed by atoms with E-state index in [1.807, 2.05) is 24.3 Å². The highest BCUT2D eigenvalue weighted by molar-refractivity contribution is 6.31. The van der Waals surface area contributed by atoms with Gasteiger partial charge in [-0.05, 0) is 29.8 Å². The van der Waals surface area contributed by atoms with E-state index in [1.165, 1.54) is 12.1 Å². The number of benzene rings is 2. The molecule has 0 aromatic heterocycles. The first kappa shape index (κ1) is 15.8.